The number of esters is 1. The van der Waals surface area contributed by atoms with Crippen molar-refractivity contribution in [1.82, 2.24) is 0 Å². The van der Waals surface area contributed by atoms with Crippen molar-refractivity contribution in [1.29, 1.82) is 0 Å². The lowest BCUT2D eigenvalue weighted by Gasteiger charge is -2.12. The van der Waals surface area contributed by atoms with Crippen molar-refractivity contribution in [2.45, 2.75) is 13.3 Å². The van der Waals surface area contributed by atoms with Crippen LogP contribution < -0.4 is 4.74 Å². The van der Waals surface area contributed by atoms with Gasteiger partial charge in [-0.05, 0) is 47.0 Å². The maximum atomic E-state index is 11.6. The van der Waals surface area contributed by atoms with Crippen LogP contribution in [0.15, 0.2) is 22.7 Å². The minimum absolute atomic E-state index is 0.0801. The van der Waals surface area contributed by atoms with Crippen LogP contribution in [-0.4, -0.2) is 30.8 Å². The number of aliphatic carboxylic acids is 1. The molecule has 1 atom stereocenters. The van der Waals surface area contributed by atoms with Crippen molar-refractivity contribution >= 4 is 27.9 Å². The van der Waals surface area contributed by atoms with Gasteiger partial charge in [-0.3, -0.25) is 9.59 Å². The molecule has 0 aliphatic rings. The van der Waals surface area contributed by atoms with Gasteiger partial charge in [0.15, 0.2) is 5.92 Å². The number of carboxylic acids is 1. The van der Waals surface area contributed by atoms with E-state index in [1.54, 1.807) is 32.2 Å². The molecule has 0 saturated heterocycles. The molecule has 5 nitrogen and oxygen atoms in total. The van der Waals surface area contributed by atoms with E-state index in [4.69, 9.17) is 14.6 Å². The first-order valence-corrected chi connectivity index (χ1v) is 6.50. The Morgan fingerprint density at radius 3 is 2.58 bits per heavy atom. The lowest BCUT2D eigenvalue weighted by molar-refractivity contribution is -0.158. The van der Waals surface area contributed by atoms with Crippen molar-refractivity contribution in [2.75, 3.05) is 13.7 Å². The number of rotatable bonds is 6. The molecule has 1 aromatic rings. The number of carbonyl (C=O) groups is 2. The van der Waals surface area contributed by atoms with Gasteiger partial charge in [0.05, 0.1) is 18.2 Å². The van der Waals surface area contributed by atoms with Crippen molar-refractivity contribution in [3.63, 3.8) is 0 Å². The number of hydrogen-bond acceptors (Lipinski definition) is 4. The molecule has 0 aromatic heterocycles. The van der Waals surface area contributed by atoms with E-state index < -0.39 is 17.9 Å². The number of ether oxygens (including phenoxy) is 2. The highest BCUT2D eigenvalue weighted by Crippen LogP contribution is 2.26. The van der Waals surface area contributed by atoms with Crippen molar-refractivity contribution < 1.29 is 24.2 Å². The van der Waals surface area contributed by atoms with E-state index in [2.05, 4.69) is 15.9 Å². The molecule has 1 rings (SSSR count). The molecule has 104 valence electrons. The van der Waals surface area contributed by atoms with Crippen LogP contribution in [0.25, 0.3) is 0 Å². The maximum Gasteiger partial charge on any atom is 0.320 e. The van der Waals surface area contributed by atoms with E-state index in [1.807, 2.05) is 0 Å². The summed E-state index contributed by atoms with van der Waals surface area (Å²) in [6.07, 6.45) is 0.0801. The summed E-state index contributed by atoms with van der Waals surface area (Å²) < 4.78 is 10.5. The lowest BCUT2D eigenvalue weighted by Crippen LogP contribution is -2.27. The van der Waals surface area contributed by atoms with Crippen LogP contribution >= 0.6 is 15.9 Å². The summed E-state index contributed by atoms with van der Waals surface area (Å²) in [6, 6.07) is 5.16. The number of halogens is 1. The second-order valence-electron chi connectivity index (χ2n) is 3.82. The molecule has 1 aromatic carbocycles. The third-order valence-corrected chi connectivity index (χ3v) is 3.14. The predicted molar refractivity (Wildman–Crippen MR) is 72.2 cm³/mol. The van der Waals surface area contributed by atoms with Crippen LogP contribution in [-0.2, 0) is 20.7 Å². The second-order valence-corrected chi connectivity index (χ2v) is 4.67. The van der Waals surface area contributed by atoms with E-state index in [0.29, 0.717) is 15.8 Å². The molecule has 0 radical (unpaired) electrons. The Bertz CT molecular complexity index is 472. The molecule has 0 aliphatic heterocycles. The summed E-state index contributed by atoms with van der Waals surface area (Å²) in [4.78, 5) is 22.6. The first kappa shape index (κ1) is 15.5. The highest BCUT2D eigenvalue weighted by Gasteiger charge is 2.28. The molecule has 0 spiro atoms. The highest BCUT2D eigenvalue weighted by molar-refractivity contribution is 9.10. The Morgan fingerprint density at radius 1 is 1.42 bits per heavy atom. The van der Waals surface area contributed by atoms with Gasteiger partial charge < -0.3 is 14.6 Å². The third kappa shape index (κ3) is 4.24. The summed E-state index contributed by atoms with van der Waals surface area (Å²) in [5.74, 6) is -2.46. The fourth-order valence-corrected chi connectivity index (χ4v) is 2.17. The molecule has 0 saturated carbocycles. The summed E-state index contributed by atoms with van der Waals surface area (Å²) in [7, 11) is 1.54. The third-order valence-electron chi connectivity index (χ3n) is 2.53. The number of hydrogen-bond donors (Lipinski definition) is 1. The lowest BCUT2D eigenvalue weighted by atomic mass is 9.99. The van der Waals surface area contributed by atoms with Gasteiger partial charge in [0.25, 0.3) is 0 Å². The summed E-state index contributed by atoms with van der Waals surface area (Å²) in [5, 5.41) is 9.06. The number of carbonyl (C=O) groups excluding carboxylic acids is 1. The number of carboxylic acid groups (broad SMARTS) is 1. The maximum absolute atomic E-state index is 11.6. The molecule has 19 heavy (non-hydrogen) atoms. The molecule has 0 aliphatic carbocycles. The van der Waals surface area contributed by atoms with E-state index in [9.17, 15) is 9.59 Å². The normalized spacial score (nSPS) is 11.7. The van der Waals surface area contributed by atoms with Gasteiger partial charge in [0.2, 0.25) is 0 Å². The quantitative estimate of drug-likeness (QED) is 0.639. The Balaban J connectivity index is 2.88. The topological polar surface area (TPSA) is 72.8 Å². The van der Waals surface area contributed by atoms with E-state index in [0.717, 1.165) is 0 Å². The van der Waals surface area contributed by atoms with Crippen LogP contribution in [0, 0.1) is 5.92 Å². The first-order chi connectivity index (χ1) is 8.99. The summed E-state index contributed by atoms with van der Waals surface area (Å²) in [6.45, 7) is 1.80. The molecule has 0 fully saturated rings. The largest absolute Gasteiger partial charge is 0.496 e. The Labute approximate surface area is 119 Å². The molecular formula is C13H15BrO5. The minimum Gasteiger partial charge on any atom is -0.496 e. The zero-order valence-corrected chi connectivity index (χ0v) is 12.3. The first-order valence-electron chi connectivity index (χ1n) is 5.71. The van der Waals surface area contributed by atoms with E-state index in [-0.39, 0.29) is 13.0 Å². The molecule has 0 amide bonds. The van der Waals surface area contributed by atoms with Crippen molar-refractivity contribution in [3.8, 4) is 5.75 Å². The SMILES string of the molecule is CCOC(=O)C(Cc1ccc(OC)c(Br)c1)C(=O)O. The molecule has 0 bridgehead atoms. The average molecular weight is 331 g/mol. The predicted octanol–water partition coefficient (Wildman–Crippen LogP) is 2.26. The average Bonchev–Trinajstić information content (AvgIpc) is 2.36. The van der Waals surface area contributed by atoms with E-state index in [1.165, 1.54) is 0 Å². The molecule has 1 unspecified atom stereocenters. The van der Waals surface area contributed by atoms with Crippen LogP contribution in [0.1, 0.15) is 12.5 Å². The molecular weight excluding hydrogens is 316 g/mol. The molecule has 1 N–H and O–H groups in total. The van der Waals surface area contributed by atoms with Gasteiger partial charge in [0.1, 0.15) is 5.75 Å². The monoisotopic (exact) mass is 330 g/mol. The van der Waals surface area contributed by atoms with Crippen LogP contribution in [0.3, 0.4) is 0 Å². The zero-order chi connectivity index (χ0) is 14.4. The Kier molecular flexibility index (Phi) is 5.82. The van der Waals surface area contributed by atoms with Gasteiger partial charge in [-0.1, -0.05) is 6.07 Å². The molecule has 0 heterocycles. The van der Waals surface area contributed by atoms with E-state index >= 15 is 0 Å². The second kappa shape index (κ2) is 7.13. The molecule has 6 heteroatoms. The fraction of sp³-hybridized carbons (Fsp3) is 0.385. The minimum atomic E-state index is -1.19. The van der Waals surface area contributed by atoms with Crippen LogP contribution in [0.4, 0.5) is 0 Å². The number of benzene rings is 1. The summed E-state index contributed by atoms with van der Waals surface area (Å²) >= 11 is 3.31. The van der Waals surface area contributed by atoms with Gasteiger partial charge in [-0.25, -0.2) is 0 Å². The smallest absolute Gasteiger partial charge is 0.320 e. The standard InChI is InChI=1S/C13H15BrO5/c1-3-19-13(17)9(12(15)16)6-8-4-5-11(18-2)10(14)7-8/h4-5,7,9H,3,6H2,1-2H3,(H,15,16). The van der Waals surface area contributed by atoms with Gasteiger partial charge in [-0.15, -0.1) is 0 Å². The Morgan fingerprint density at radius 2 is 2.11 bits per heavy atom. The fourth-order valence-electron chi connectivity index (χ4n) is 1.59. The number of methoxy groups -OCH3 is 1. The van der Waals surface area contributed by atoms with Crippen molar-refractivity contribution in [2.24, 2.45) is 5.92 Å². The summed E-state index contributed by atoms with van der Waals surface area (Å²) in [5.41, 5.74) is 0.716. The van der Waals surface area contributed by atoms with Crippen LogP contribution in [0.2, 0.25) is 0 Å². The van der Waals surface area contributed by atoms with Crippen molar-refractivity contribution in [3.05, 3.63) is 28.2 Å². The Hall–Kier alpha value is -1.56. The van der Waals surface area contributed by atoms with Gasteiger partial charge in [-0.2, -0.15) is 0 Å². The van der Waals surface area contributed by atoms with Gasteiger partial charge in [0, 0.05) is 0 Å². The van der Waals surface area contributed by atoms with Crippen LogP contribution in [0.5, 0.6) is 5.75 Å². The zero-order valence-electron chi connectivity index (χ0n) is 10.7. The van der Waals surface area contributed by atoms with Gasteiger partial charge >= 0.3 is 11.9 Å². The highest BCUT2D eigenvalue weighted by atomic mass is 79.9.